The third kappa shape index (κ3) is 5.95. The van der Waals surface area contributed by atoms with Gasteiger partial charge in [-0.1, -0.05) is 23.7 Å². The standard InChI is InChI=1S/C21H25ClN2O4S/c1-24(19-7-3-6-18(22)14-19)29(26,27)20-8-2-5-17(13-20)21(25)23-11-4-12-28-15-16-9-10-16/h2-3,5-8,13-14,16H,4,9-12,15H2,1H3,(H,23,25). The van der Waals surface area contributed by atoms with E-state index in [0.29, 0.717) is 35.8 Å². The van der Waals surface area contributed by atoms with Crippen LogP contribution < -0.4 is 9.62 Å². The Morgan fingerprint density at radius 3 is 2.69 bits per heavy atom. The Bertz CT molecular complexity index is 961. The molecule has 1 saturated carbocycles. The van der Waals surface area contributed by atoms with Gasteiger partial charge in [0, 0.05) is 37.4 Å². The Hall–Kier alpha value is -2.09. The lowest BCUT2D eigenvalue weighted by atomic mass is 10.2. The Kier molecular flexibility index (Phi) is 7.16. The average molecular weight is 437 g/mol. The lowest BCUT2D eigenvalue weighted by Crippen LogP contribution is -2.28. The van der Waals surface area contributed by atoms with Crippen LogP contribution in [-0.4, -0.2) is 41.1 Å². The number of hydrogen-bond acceptors (Lipinski definition) is 4. The molecule has 0 aromatic heterocycles. The van der Waals surface area contributed by atoms with Crippen molar-refractivity contribution in [3.63, 3.8) is 0 Å². The molecule has 1 aliphatic rings. The van der Waals surface area contributed by atoms with Crippen LogP contribution in [0.2, 0.25) is 5.02 Å². The minimum absolute atomic E-state index is 0.0420. The molecule has 8 heteroatoms. The fourth-order valence-electron chi connectivity index (χ4n) is 2.78. The zero-order valence-corrected chi connectivity index (χ0v) is 17.9. The zero-order chi connectivity index (χ0) is 20.9. The second kappa shape index (κ2) is 9.61. The van der Waals surface area contributed by atoms with Gasteiger partial charge in [-0.15, -0.1) is 0 Å². The fourth-order valence-corrected chi connectivity index (χ4v) is 4.20. The van der Waals surface area contributed by atoms with Gasteiger partial charge in [0.15, 0.2) is 0 Å². The molecule has 156 valence electrons. The number of amides is 1. The first-order chi connectivity index (χ1) is 13.9. The molecule has 0 saturated heterocycles. The van der Waals surface area contributed by atoms with E-state index in [9.17, 15) is 13.2 Å². The number of rotatable bonds is 10. The van der Waals surface area contributed by atoms with Crippen LogP contribution in [0.5, 0.6) is 0 Å². The van der Waals surface area contributed by atoms with Crippen molar-refractivity contribution in [3.05, 3.63) is 59.1 Å². The molecule has 0 radical (unpaired) electrons. The lowest BCUT2D eigenvalue weighted by molar-refractivity contribution is 0.0937. The van der Waals surface area contributed by atoms with Crippen molar-refractivity contribution < 1.29 is 17.9 Å². The van der Waals surface area contributed by atoms with Crippen molar-refractivity contribution in [2.45, 2.75) is 24.2 Å². The molecule has 3 rings (SSSR count). The van der Waals surface area contributed by atoms with Gasteiger partial charge in [0.05, 0.1) is 10.6 Å². The SMILES string of the molecule is CN(c1cccc(Cl)c1)S(=O)(=O)c1cccc(C(=O)NCCCOCC2CC2)c1. The summed E-state index contributed by atoms with van der Waals surface area (Å²) in [5, 5.41) is 3.25. The number of nitrogens with one attached hydrogen (secondary N) is 1. The number of hydrogen-bond donors (Lipinski definition) is 1. The third-order valence-electron chi connectivity index (χ3n) is 4.73. The van der Waals surface area contributed by atoms with Crippen molar-refractivity contribution in [2.24, 2.45) is 5.92 Å². The molecule has 0 bridgehead atoms. The number of anilines is 1. The van der Waals surface area contributed by atoms with Crippen molar-refractivity contribution in [1.82, 2.24) is 5.32 Å². The van der Waals surface area contributed by atoms with Crippen LogP contribution in [0.4, 0.5) is 5.69 Å². The Labute approximate surface area is 176 Å². The van der Waals surface area contributed by atoms with Crippen LogP contribution in [0.3, 0.4) is 0 Å². The summed E-state index contributed by atoms with van der Waals surface area (Å²) < 4.78 is 32.6. The van der Waals surface area contributed by atoms with Gasteiger partial charge in [0.25, 0.3) is 15.9 Å². The van der Waals surface area contributed by atoms with Crippen molar-refractivity contribution in [2.75, 3.05) is 31.1 Å². The molecule has 0 heterocycles. The second-order valence-electron chi connectivity index (χ2n) is 7.11. The Morgan fingerprint density at radius 2 is 1.97 bits per heavy atom. The highest BCUT2D eigenvalue weighted by atomic mass is 35.5. The minimum Gasteiger partial charge on any atom is -0.381 e. The van der Waals surface area contributed by atoms with E-state index in [2.05, 4.69) is 5.32 Å². The molecule has 0 aliphatic heterocycles. The van der Waals surface area contributed by atoms with Gasteiger partial charge in [-0.05, 0) is 61.6 Å². The van der Waals surface area contributed by atoms with Crippen LogP contribution in [0.15, 0.2) is 53.4 Å². The molecular formula is C21H25ClN2O4S. The van der Waals surface area contributed by atoms with Crippen LogP contribution in [0.1, 0.15) is 29.6 Å². The lowest BCUT2D eigenvalue weighted by Gasteiger charge is -2.20. The summed E-state index contributed by atoms with van der Waals surface area (Å²) in [7, 11) is -2.37. The molecule has 0 atom stereocenters. The quantitative estimate of drug-likeness (QED) is 0.576. The van der Waals surface area contributed by atoms with Gasteiger partial charge in [-0.2, -0.15) is 0 Å². The van der Waals surface area contributed by atoms with E-state index in [-0.39, 0.29) is 10.8 Å². The van der Waals surface area contributed by atoms with Crippen LogP contribution in [-0.2, 0) is 14.8 Å². The molecule has 1 N–H and O–H groups in total. The molecule has 29 heavy (non-hydrogen) atoms. The van der Waals surface area contributed by atoms with Gasteiger partial charge in [-0.3, -0.25) is 9.10 Å². The van der Waals surface area contributed by atoms with E-state index in [1.165, 1.54) is 32.0 Å². The smallest absolute Gasteiger partial charge is 0.264 e. The predicted octanol–water partition coefficient (Wildman–Crippen LogP) is 3.71. The predicted molar refractivity (Wildman–Crippen MR) is 114 cm³/mol. The van der Waals surface area contributed by atoms with Crippen LogP contribution >= 0.6 is 11.6 Å². The first-order valence-electron chi connectivity index (χ1n) is 9.58. The Morgan fingerprint density at radius 1 is 1.21 bits per heavy atom. The fraction of sp³-hybridized carbons (Fsp3) is 0.381. The summed E-state index contributed by atoms with van der Waals surface area (Å²) >= 11 is 5.97. The number of sulfonamides is 1. The van der Waals surface area contributed by atoms with E-state index in [0.717, 1.165) is 16.8 Å². The van der Waals surface area contributed by atoms with Crippen LogP contribution in [0, 0.1) is 5.92 Å². The van der Waals surface area contributed by atoms with Gasteiger partial charge < -0.3 is 10.1 Å². The number of carbonyl (C=O) groups is 1. The van der Waals surface area contributed by atoms with E-state index >= 15 is 0 Å². The number of carbonyl (C=O) groups excluding carboxylic acids is 1. The maximum Gasteiger partial charge on any atom is 0.264 e. The normalized spacial score (nSPS) is 13.9. The number of ether oxygens (including phenoxy) is 1. The third-order valence-corrected chi connectivity index (χ3v) is 6.74. The van der Waals surface area contributed by atoms with E-state index in [1.807, 2.05) is 0 Å². The summed E-state index contributed by atoms with van der Waals surface area (Å²) in [6, 6.07) is 12.6. The number of nitrogens with zero attached hydrogens (tertiary/aromatic N) is 1. The largest absolute Gasteiger partial charge is 0.381 e. The molecule has 2 aromatic carbocycles. The van der Waals surface area contributed by atoms with Gasteiger partial charge in [0.2, 0.25) is 0 Å². The van der Waals surface area contributed by atoms with Gasteiger partial charge >= 0.3 is 0 Å². The highest BCUT2D eigenvalue weighted by Gasteiger charge is 2.23. The summed E-state index contributed by atoms with van der Waals surface area (Å²) in [6.45, 7) is 1.88. The van der Waals surface area contributed by atoms with E-state index in [4.69, 9.17) is 16.3 Å². The number of benzene rings is 2. The van der Waals surface area contributed by atoms with Gasteiger partial charge in [0.1, 0.15) is 0 Å². The first kappa shape index (κ1) is 21.6. The average Bonchev–Trinajstić information content (AvgIpc) is 3.54. The van der Waals surface area contributed by atoms with Crippen molar-refractivity contribution in [1.29, 1.82) is 0 Å². The highest BCUT2D eigenvalue weighted by Crippen LogP contribution is 2.28. The highest BCUT2D eigenvalue weighted by molar-refractivity contribution is 7.92. The maximum atomic E-state index is 12.9. The minimum atomic E-state index is -3.82. The summed E-state index contributed by atoms with van der Waals surface area (Å²) in [5.74, 6) is 0.411. The van der Waals surface area contributed by atoms with Crippen molar-refractivity contribution in [3.8, 4) is 0 Å². The summed E-state index contributed by atoms with van der Waals surface area (Å²) in [4.78, 5) is 12.4. The van der Waals surface area contributed by atoms with E-state index < -0.39 is 10.0 Å². The monoisotopic (exact) mass is 436 g/mol. The van der Waals surface area contributed by atoms with Gasteiger partial charge in [-0.25, -0.2) is 8.42 Å². The molecule has 6 nitrogen and oxygen atoms in total. The molecular weight excluding hydrogens is 412 g/mol. The van der Waals surface area contributed by atoms with E-state index in [1.54, 1.807) is 36.4 Å². The Balaban J connectivity index is 1.60. The maximum absolute atomic E-state index is 12.9. The zero-order valence-electron chi connectivity index (χ0n) is 16.3. The molecule has 1 amide bonds. The van der Waals surface area contributed by atoms with Crippen molar-refractivity contribution >= 4 is 33.2 Å². The molecule has 2 aromatic rings. The summed E-state index contributed by atoms with van der Waals surface area (Å²) in [6.07, 6.45) is 3.22. The van der Waals surface area contributed by atoms with Crippen LogP contribution in [0.25, 0.3) is 0 Å². The molecule has 0 unspecified atom stereocenters. The molecule has 1 aliphatic carbocycles. The molecule has 1 fully saturated rings. The first-order valence-corrected chi connectivity index (χ1v) is 11.4. The number of halogens is 1. The topological polar surface area (TPSA) is 75.7 Å². The second-order valence-corrected chi connectivity index (χ2v) is 9.51. The molecule has 0 spiro atoms. The summed E-state index contributed by atoms with van der Waals surface area (Å²) in [5.41, 5.74) is 0.739.